The van der Waals surface area contributed by atoms with Gasteiger partial charge in [-0.15, -0.1) is 0 Å². The van der Waals surface area contributed by atoms with Crippen molar-refractivity contribution < 1.29 is 9.53 Å². The smallest absolute Gasteiger partial charge is 0.317 e. The summed E-state index contributed by atoms with van der Waals surface area (Å²) in [5.41, 5.74) is 0. The van der Waals surface area contributed by atoms with E-state index in [1.807, 2.05) is 17.9 Å². The van der Waals surface area contributed by atoms with Gasteiger partial charge in [0.2, 0.25) is 5.95 Å². The molecule has 2 saturated heterocycles. The number of nitrogens with zero attached hydrogens (tertiary/aromatic N) is 4. The van der Waals surface area contributed by atoms with Gasteiger partial charge in [-0.25, -0.2) is 14.8 Å². The fraction of sp³-hybridized carbons (Fsp3) is 0.667. The third kappa shape index (κ3) is 3.65. The molecule has 3 rings (SSSR count). The van der Waals surface area contributed by atoms with Crippen LogP contribution in [-0.2, 0) is 4.74 Å². The molecule has 0 bridgehead atoms. The molecule has 1 N–H and O–H groups in total. The molecule has 0 radical (unpaired) electrons. The minimum atomic E-state index is 0.0320. The molecule has 0 aliphatic carbocycles. The topological polar surface area (TPSA) is 70.6 Å². The SMILES string of the molecule is CC1CN(C(=O)NC2CCN(c3ncccn3)CC2)CCO1. The number of hydrogen-bond acceptors (Lipinski definition) is 5. The van der Waals surface area contributed by atoms with E-state index in [2.05, 4.69) is 20.2 Å². The average molecular weight is 305 g/mol. The fourth-order valence-corrected chi connectivity index (χ4v) is 2.95. The summed E-state index contributed by atoms with van der Waals surface area (Å²) in [6.45, 7) is 5.70. The van der Waals surface area contributed by atoms with Crippen LogP contribution in [0.4, 0.5) is 10.7 Å². The summed E-state index contributed by atoms with van der Waals surface area (Å²) in [5.74, 6) is 0.772. The molecule has 1 unspecified atom stereocenters. The molecule has 7 heteroatoms. The molecule has 22 heavy (non-hydrogen) atoms. The Morgan fingerprint density at radius 3 is 2.68 bits per heavy atom. The lowest BCUT2D eigenvalue weighted by Gasteiger charge is -2.35. The van der Waals surface area contributed by atoms with Gasteiger partial charge in [0, 0.05) is 44.6 Å². The van der Waals surface area contributed by atoms with Crippen molar-refractivity contribution in [2.75, 3.05) is 37.7 Å². The van der Waals surface area contributed by atoms with Crippen molar-refractivity contribution in [3.05, 3.63) is 18.5 Å². The predicted octanol–water partition coefficient (Wildman–Crippen LogP) is 0.876. The molecule has 2 aliphatic rings. The van der Waals surface area contributed by atoms with Crippen LogP contribution in [0.2, 0.25) is 0 Å². The number of carbonyl (C=O) groups is 1. The Kier molecular flexibility index (Phi) is 4.72. The van der Waals surface area contributed by atoms with Gasteiger partial charge in [-0.3, -0.25) is 0 Å². The highest BCUT2D eigenvalue weighted by Crippen LogP contribution is 2.16. The number of ether oxygens (including phenoxy) is 1. The van der Waals surface area contributed by atoms with Gasteiger partial charge in [0.15, 0.2) is 0 Å². The zero-order chi connectivity index (χ0) is 15.4. The molecule has 7 nitrogen and oxygen atoms in total. The van der Waals surface area contributed by atoms with Crippen molar-refractivity contribution in [3.63, 3.8) is 0 Å². The zero-order valence-corrected chi connectivity index (χ0v) is 12.9. The highest BCUT2D eigenvalue weighted by atomic mass is 16.5. The number of nitrogens with one attached hydrogen (secondary N) is 1. The maximum atomic E-state index is 12.3. The lowest BCUT2D eigenvalue weighted by atomic mass is 10.1. The second kappa shape index (κ2) is 6.91. The normalized spacial score (nSPS) is 23.4. The molecule has 1 aromatic rings. The number of anilines is 1. The molecule has 1 atom stereocenters. The van der Waals surface area contributed by atoms with Gasteiger partial charge in [0.05, 0.1) is 12.7 Å². The molecule has 0 spiro atoms. The number of carbonyl (C=O) groups excluding carboxylic acids is 1. The Balaban J connectivity index is 1.46. The summed E-state index contributed by atoms with van der Waals surface area (Å²) in [5, 5.41) is 3.15. The zero-order valence-electron chi connectivity index (χ0n) is 12.9. The number of morpholine rings is 1. The predicted molar refractivity (Wildman–Crippen MR) is 82.8 cm³/mol. The van der Waals surface area contributed by atoms with Crippen molar-refractivity contribution in [3.8, 4) is 0 Å². The number of rotatable bonds is 2. The van der Waals surface area contributed by atoms with Crippen LogP contribution in [0.25, 0.3) is 0 Å². The van der Waals surface area contributed by atoms with Gasteiger partial charge in [0.1, 0.15) is 0 Å². The average Bonchev–Trinajstić information content (AvgIpc) is 2.56. The van der Waals surface area contributed by atoms with Gasteiger partial charge in [0.25, 0.3) is 0 Å². The second-order valence-electron chi connectivity index (χ2n) is 5.89. The van der Waals surface area contributed by atoms with Gasteiger partial charge in [-0.2, -0.15) is 0 Å². The molecule has 1 aromatic heterocycles. The maximum Gasteiger partial charge on any atom is 0.317 e. The Morgan fingerprint density at radius 2 is 2.00 bits per heavy atom. The fourth-order valence-electron chi connectivity index (χ4n) is 2.95. The van der Waals surface area contributed by atoms with E-state index < -0.39 is 0 Å². The first-order valence-corrected chi connectivity index (χ1v) is 7.91. The molecule has 2 fully saturated rings. The Morgan fingerprint density at radius 1 is 1.27 bits per heavy atom. The van der Waals surface area contributed by atoms with Gasteiger partial charge < -0.3 is 19.9 Å². The van der Waals surface area contributed by atoms with Crippen LogP contribution in [0.3, 0.4) is 0 Å². The van der Waals surface area contributed by atoms with Crippen LogP contribution in [-0.4, -0.2) is 65.8 Å². The van der Waals surface area contributed by atoms with Crippen molar-refractivity contribution in [2.24, 2.45) is 0 Å². The highest BCUT2D eigenvalue weighted by molar-refractivity contribution is 5.74. The third-order valence-electron chi connectivity index (χ3n) is 4.19. The van der Waals surface area contributed by atoms with Crippen LogP contribution >= 0.6 is 0 Å². The standard InChI is InChI=1S/C15H23N5O2/c1-12-11-20(9-10-22-12)15(21)18-13-3-7-19(8-4-13)14-16-5-2-6-17-14/h2,5-6,12-13H,3-4,7-11H2,1H3,(H,18,21). The van der Waals surface area contributed by atoms with Crippen LogP contribution in [0.1, 0.15) is 19.8 Å². The number of aromatic nitrogens is 2. The Labute approximate surface area is 130 Å². The number of urea groups is 1. The van der Waals surface area contributed by atoms with Crippen molar-refractivity contribution in [2.45, 2.75) is 31.9 Å². The molecule has 2 amide bonds. The van der Waals surface area contributed by atoms with Crippen molar-refractivity contribution in [1.82, 2.24) is 20.2 Å². The first-order valence-electron chi connectivity index (χ1n) is 7.91. The van der Waals surface area contributed by atoms with E-state index in [4.69, 9.17) is 4.74 Å². The van der Waals surface area contributed by atoms with Gasteiger partial charge in [-0.05, 0) is 25.8 Å². The molecule has 2 aliphatic heterocycles. The van der Waals surface area contributed by atoms with Crippen molar-refractivity contribution in [1.29, 1.82) is 0 Å². The van der Waals surface area contributed by atoms with Gasteiger partial charge >= 0.3 is 6.03 Å². The van der Waals surface area contributed by atoms with E-state index in [1.165, 1.54) is 0 Å². The van der Waals surface area contributed by atoms with E-state index in [9.17, 15) is 4.79 Å². The summed E-state index contributed by atoms with van der Waals surface area (Å²) in [6.07, 6.45) is 5.48. The minimum Gasteiger partial charge on any atom is -0.375 e. The quantitative estimate of drug-likeness (QED) is 0.878. The van der Waals surface area contributed by atoms with Crippen LogP contribution in [0, 0.1) is 0 Å². The van der Waals surface area contributed by atoms with Crippen LogP contribution in [0.5, 0.6) is 0 Å². The Hall–Kier alpha value is -1.89. The number of piperidine rings is 1. The number of amides is 2. The first kappa shape index (κ1) is 15.0. The largest absolute Gasteiger partial charge is 0.375 e. The van der Waals surface area contributed by atoms with E-state index in [0.717, 1.165) is 31.9 Å². The van der Waals surface area contributed by atoms with Gasteiger partial charge in [-0.1, -0.05) is 0 Å². The monoisotopic (exact) mass is 305 g/mol. The maximum absolute atomic E-state index is 12.3. The molecular formula is C15H23N5O2. The molecule has 0 aromatic carbocycles. The van der Waals surface area contributed by atoms with E-state index in [1.54, 1.807) is 12.4 Å². The second-order valence-corrected chi connectivity index (χ2v) is 5.89. The molecular weight excluding hydrogens is 282 g/mol. The lowest BCUT2D eigenvalue weighted by molar-refractivity contribution is -0.00397. The summed E-state index contributed by atoms with van der Waals surface area (Å²) in [4.78, 5) is 24.8. The Bertz CT molecular complexity index is 490. The van der Waals surface area contributed by atoms with Crippen LogP contribution in [0.15, 0.2) is 18.5 Å². The minimum absolute atomic E-state index is 0.0320. The van der Waals surface area contributed by atoms with E-state index in [-0.39, 0.29) is 18.2 Å². The molecule has 120 valence electrons. The first-order chi connectivity index (χ1) is 10.7. The molecule has 0 saturated carbocycles. The van der Waals surface area contributed by atoms with E-state index >= 15 is 0 Å². The summed E-state index contributed by atoms with van der Waals surface area (Å²) in [6, 6.07) is 2.08. The number of hydrogen-bond donors (Lipinski definition) is 1. The third-order valence-corrected chi connectivity index (χ3v) is 4.19. The summed E-state index contributed by atoms with van der Waals surface area (Å²) < 4.78 is 5.47. The highest BCUT2D eigenvalue weighted by Gasteiger charge is 2.26. The summed E-state index contributed by atoms with van der Waals surface area (Å²) >= 11 is 0. The lowest BCUT2D eigenvalue weighted by Crippen LogP contribution is -2.53. The van der Waals surface area contributed by atoms with E-state index in [0.29, 0.717) is 19.7 Å². The summed E-state index contributed by atoms with van der Waals surface area (Å²) in [7, 11) is 0. The van der Waals surface area contributed by atoms with Crippen molar-refractivity contribution >= 4 is 12.0 Å². The van der Waals surface area contributed by atoms with Crippen LogP contribution < -0.4 is 10.2 Å². The molecule has 3 heterocycles.